The van der Waals surface area contributed by atoms with Gasteiger partial charge >= 0.3 is 0 Å². The van der Waals surface area contributed by atoms with E-state index >= 15 is 0 Å². The van der Waals surface area contributed by atoms with Gasteiger partial charge in [0, 0.05) is 10.9 Å². The van der Waals surface area contributed by atoms with Crippen LogP contribution >= 0.6 is 0 Å². The highest BCUT2D eigenvalue weighted by atomic mass is 16.5. The van der Waals surface area contributed by atoms with Crippen LogP contribution in [-0.2, 0) is 6.54 Å². The zero-order valence-corrected chi connectivity index (χ0v) is 13.7. The van der Waals surface area contributed by atoms with Gasteiger partial charge in [0.1, 0.15) is 5.75 Å². The molecule has 0 unspecified atom stereocenters. The molecule has 0 bridgehead atoms. The lowest BCUT2D eigenvalue weighted by Crippen LogP contribution is -2.23. The highest BCUT2D eigenvalue weighted by Gasteiger charge is 2.08. The van der Waals surface area contributed by atoms with Crippen LogP contribution in [0, 0.1) is 0 Å². The molecule has 0 aliphatic carbocycles. The van der Waals surface area contributed by atoms with Crippen molar-refractivity contribution < 1.29 is 9.15 Å². The maximum Gasteiger partial charge on any atom is 0.274 e. The van der Waals surface area contributed by atoms with E-state index in [1.165, 1.54) is 4.68 Å². The van der Waals surface area contributed by atoms with Crippen molar-refractivity contribution in [2.45, 2.75) is 6.54 Å². The summed E-state index contributed by atoms with van der Waals surface area (Å²) < 4.78 is 11.8. The summed E-state index contributed by atoms with van der Waals surface area (Å²) in [4.78, 5) is 12.9. The Kier molecular flexibility index (Phi) is 3.82. The Bertz CT molecular complexity index is 1080. The molecular formula is C20H16N2O3. The Labute approximate surface area is 144 Å². The fourth-order valence-electron chi connectivity index (χ4n) is 2.84. The number of hydrogen-bond donors (Lipinski definition) is 0. The third-order valence-electron chi connectivity index (χ3n) is 4.18. The smallest absolute Gasteiger partial charge is 0.274 e. The van der Waals surface area contributed by atoms with Gasteiger partial charge in [0.05, 0.1) is 37.8 Å². The van der Waals surface area contributed by atoms with Gasteiger partial charge in [-0.05, 0) is 35.4 Å². The minimum Gasteiger partial charge on any atom is -0.497 e. The van der Waals surface area contributed by atoms with Crippen molar-refractivity contribution in [3.63, 3.8) is 0 Å². The lowest BCUT2D eigenvalue weighted by molar-refractivity contribution is 0.414. The average molecular weight is 332 g/mol. The highest BCUT2D eigenvalue weighted by molar-refractivity contribution is 5.85. The number of nitrogens with zero attached hydrogens (tertiary/aromatic N) is 2. The minimum atomic E-state index is -0.120. The van der Waals surface area contributed by atoms with Crippen LogP contribution in [-0.4, -0.2) is 16.9 Å². The molecule has 5 nitrogen and oxygen atoms in total. The SMILES string of the molecule is COc1cccc(Cn2ncc3ccc(-c4ccoc4)cc3c2=O)c1. The molecule has 2 aromatic heterocycles. The first-order chi connectivity index (χ1) is 12.2. The van der Waals surface area contributed by atoms with E-state index in [4.69, 9.17) is 9.15 Å². The van der Waals surface area contributed by atoms with Crippen LogP contribution in [0.15, 0.2) is 76.5 Å². The molecule has 0 radical (unpaired) electrons. The molecule has 0 amide bonds. The van der Waals surface area contributed by atoms with E-state index < -0.39 is 0 Å². The van der Waals surface area contributed by atoms with E-state index in [-0.39, 0.29) is 5.56 Å². The zero-order chi connectivity index (χ0) is 17.2. The van der Waals surface area contributed by atoms with Crippen molar-refractivity contribution in [1.82, 2.24) is 9.78 Å². The average Bonchev–Trinajstić information content (AvgIpc) is 3.19. The number of hydrogen-bond acceptors (Lipinski definition) is 4. The second-order valence-corrected chi connectivity index (χ2v) is 5.77. The van der Waals surface area contributed by atoms with Gasteiger partial charge in [0.2, 0.25) is 0 Å². The Morgan fingerprint density at radius 3 is 2.84 bits per heavy atom. The molecule has 2 aromatic carbocycles. The van der Waals surface area contributed by atoms with Gasteiger partial charge in [-0.2, -0.15) is 5.10 Å². The first-order valence-electron chi connectivity index (χ1n) is 7.90. The number of methoxy groups -OCH3 is 1. The van der Waals surface area contributed by atoms with Crippen LogP contribution in [0.4, 0.5) is 0 Å². The molecule has 25 heavy (non-hydrogen) atoms. The van der Waals surface area contributed by atoms with Gasteiger partial charge in [-0.15, -0.1) is 0 Å². The Balaban J connectivity index is 1.77. The summed E-state index contributed by atoms with van der Waals surface area (Å²) in [6, 6.07) is 15.2. The molecule has 0 fully saturated rings. The highest BCUT2D eigenvalue weighted by Crippen LogP contribution is 2.23. The van der Waals surface area contributed by atoms with Gasteiger partial charge in [-0.3, -0.25) is 4.79 Å². The summed E-state index contributed by atoms with van der Waals surface area (Å²) >= 11 is 0. The van der Waals surface area contributed by atoms with Gasteiger partial charge < -0.3 is 9.15 Å². The Morgan fingerprint density at radius 2 is 2.04 bits per heavy atom. The zero-order valence-electron chi connectivity index (χ0n) is 13.7. The summed E-state index contributed by atoms with van der Waals surface area (Å²) in [7, 11) is 1.62. The molecule has 0 saturated heterocycles. The van der Waals surface area contributed by atoms with Crippen molar-refractivity contribution in [3.05, 3.63) is 83.2 Å². The van der Waals surface area contributed by atoms with Gasteiger partial charge in [0.25, 0.3) is 5.56 Å². The molecule has 4 aromatic rings. The van der Waals surface area contributed by atoms with Crippen molar-refractivity contribution >= 4 is 10.8 Å². The Morgan fingerprint density at radius 1 is 1.12 bits per heavy atom. The molecule has 0 aliphatic rings. The van der Waals surface area contributed by atoms with Crippen LogP contribution in [0.25, 0.3) is 21.9 Å². The van der Waals surface area contributed by atoms with Gasteiger partial charge in [0.15, 0.2) is 0 Å². The Hall–Kier alpha value is -3.34. The third-order valence-corrected chi connectivity index (χ3v) is 4.18. The topological polar surface area (TPSA) is 57.3 Å². The number of benzene rings is 2. The molecule has 0 aliphatic heterocycles. The van der Waals surface area contributed by atoms with Crippen LogP contribution < -0.4 is 10.3 Å². The summed E-state index contributed by atoms with van der Waals surface area (Å²) in [5.41, 5.74) is 2.72. The lowest BCUT2D eigenvalue weighted by Gasteiger charge is -2.08. The summed E-state index contributed by atoms with van der Waals surface area (Å²) in [5, 5.41) is 5.75. The molecule has 0 N–H and O–H groups in total. The van der Waals surface area contributed by atoms with E-state index in [2.05, 4.69) is 5.10 Å². The molecule has 0 spiro atoms. The number of furan rings is 1. The van der Waals surface area contributed by atoms with Crippen LogP contribution in [0.3, 0.4) is 0 Å². The quantitative estimate of drug-likeness (QED) is 0.571. The van der Waals surface area contributed by atoms with Crippen molar-refractivity contribution in [2.75, 3.05) is 7.11 Å². The van der Waals surface area contributed by atoms with Crippen LogP contribution in [0.2, 0.25) is 0 Å². The molecule has 0 saturated carbocycles. The van der Waals surface area contributed by atoms with Crippen molar-refractivity contribution in [2.24, 2.45) is 0 Å². The van der Waals surface area contributed by atoms with Gasteiger partial charge in [-0.25, -0.2) is 4.68 Å². The predicted molar refractivity (Wildman–Crippen MR) is 95.8 cm³/mol. The third kappa shape index (κ3) is 2.92. The maximum absolute atomic E-state index is 12.9. The molecule has 4 rings (SSSR count). The van der Waals surface area contributed by atoms with E-state index in [9.17, 15) is 4.79 Å². The number of ether oxygens (including phenoxy) is 1. The van der Waals surface area contributed by atoms with E-state index in [1.54, 1.807) is 25.8 Å². The first kappa shape index (κ1) is 15.2. The summed E-state index contributed by atoms with van der Waals surface area (Å²) in [5.74, 6) is 0.758. The summed E-state index contributed by atoms with van der Waals surface area (Å²) in [6.07, 6.45) is 5.00. The summed E-state index contributed by atoms with van der Waals surface area (Å²) in [6.45, 7) is 0.391. The number of aromatic nitrogens is 2. The van der Waals surface area contributed by atoms with E-state index in [0.717, 1.165) is 27.8 Å². The largest absolute Gasteiger partial charge is 0.497 e. The first-order valence-corrected chi connectivity index (χ1v) is 7.90. The van der Waals surface area contributed by atoms with Crippen LogP contribution in [0.5, 0.6) is 5.75 Å². The second-order valence-electron chi connectivity index (χ2n) is 5.77. The molecule has 5 heteroatoms. The fraction of sp³-hybridized carbons (Fsp3) is 0.100. The van der Waals surface area contributed by atoms with Crippen molar-refractivity contribution in [3.8, 4) is 16.9 Å². The fourth-order valence-corrected chi connectivity index (χ4v) is 2.84. The number of rotatable bonds is 4. The van der Waals surface area contributed by atoms with Crippen molar-refractivity contribution in [1.29, 1.82) is 0 Å². The van der Waals surface area contributed by atoms with E-state index in [0.29, 0.717) is 11.9 Å². The molecule has 124 valence electrons. The normalized spacial score (nSPS) is 10.9. The predicted octanol–water partition coefficient (Wildman–Crippen LogP) is 3.71. The second kappa shape index (κ2) is 6.28. The van der Waals surface area contributed by atoms with E-state index in [1.807, 2.05) is 48.5 Å². The molecule has 2 heterocycles. The minimum absolute atomic E-state index is 0.120. The maximum atomic E-state index is 12.9. The lowest BCUT2D eigenvalue weighted by atomic mass is 10.1. The van der Waals surface area contributed by atoms with Gasteiger partial charge in [-0.1, -0.05) is 24.3 Å². The number of fused-ring (bicyclic) bond motifs is 1. The molecular weight excluding hydrogens is 316 g/mol. The molecule has 0 atom stereocenters. The standard InChI is InChI=1S/C20H16N2O3/c1-24-18-4-2-3-14(9-18)12-22-20(23)19-10-15(17-7-8-25-13-17)5-6-16(19)11-21-22/h2-11,13H,12H2,1H3. The monoisotopic (exact) mass is 332 g/mol. The van der Waals surface area contributed by atoms with Crippen LogP contribution in [0.1, 0.15) is 5.56 Å².